The van der Waals surface area contributed by atoms with Gasteiger partial charge in [-0.1, -0.05) is 0 Å². The zero-order valence-corrected chi connectivity index (χ0v) is 10.7. The van der Waals surface area contributed by atoms with E-state index in [1.54, 1.807) is 0 Å². The van der Waals surface area contributed by atoms with Crippen LogP contribution in [-0.2, 0) is 11.2 Å². The molecule has 1 rings (SSSR count). The number of nitro benzene ring substituents is 2. The molecule has 96 valence electrons. The molecule has 1 N–H and O–H groups in total. The highest BCUT2D eigenvalue weighted by atomic mass is 127. The van der Waals surface area contributed by atoms with E-state index in [0.29, 0.717) is 0 Å². The van der Waals surface area contributed by atoms with Crippen LogP contribution in [0.25, 0.3) is 0 Å². The fraction of sp³-hybridized carbons (Fsp3) is 0.125. The van der Waals surface area contributed by atoms with Crippen LogP contribution in [0.1, 0.15) is 5.56 Å². The summed E-state index contributed by atoms with van der Waals surface area (Å²) in [7, 11) is 0. The van der Waals surface area contributed by atoms with Crippen molar-refractivity contribution in [2.45, 2.75) is 6.42 Å². The number of carboxylic acid groups (broad SMARTS) is 1. The van der Waals surface area contributed by atoms with Gasteiger partial charge in [0, 0.05) is 11.6 Å². The normalized spacial score (nSPS) is 9.83. The zero-order chi connectivity index (χ0) is 13.9. The van der Waals surface area contributed by atoms with Gasteiger partial charge in [0.15, 0.2) is 23.0 Å². The molecule has 0 saturated carbocycles. The van der Waals surface area contributed by atoms with Crippen LogP contribution in [-0.4, -0.2) is 20.9 Å². The Bertz CT molecular complexity index is 530. The smallest absolute Gasteiger partial charge is 0.319 e. The molecule has 0 aromatic heterocycles. The molecule has 9 nitrogen and oxygen atoms in total. The summed E-state index contributed by atoms with van der Waals surface area (Å²) in [6, 6.07) is 1.66. The third-order valence-corrected chi connectivity index (χ3v) is 2.40. The highest BCUT2D eigenvalue weighted by molar-refractivity contribution is 14.1. The third-order valence-electron chi connectivity index (χ3n) is 1.96. The van der Waals surface area contributed by atoms with Gasteiger partial charge < -0.3 is 8.17 Å². The monoisotopic (exact) mass is 368 g/mol. The van der Waals surface area contributed by atoms with Crippen molar-refractivity contribution >= 4 is 40.3 Å². The molecule has 0 radical (unpaired) electrons. The van der Waals surface area contributed by atoms with Gasteiger partial charge in [-0.05, 0) is 0 Å². The fourth-order valence-corrected chi connectivity index (χ4v) is 1.79. The van der Waals surface area contributed by atoms with Gasteiger partial charge in [-0.2, -0.15) is 0 Å². The van der Waals surface area contributed by atoms with Crippen LogP contribution in [0.3, 0.4) is 0 Å². The highest BCUT2D eigenvalue weighted by Crippen LogP contribution is 2.36. The zero-order valence-electron chi connectivity index (χ0n) is 8.53. The molecule has 0 spiro atoms. The lowest BCUT2D eigenvalue weighted by Gasteiger charge is -2.05. The minimum atomic E-state index is -1.28. The van der Waals surface area contributed by atoms with Gasteiger partial charge in [0.05, 0.1) is 22.3 Å². The van der Waals surface area contributed by atoms with Crippen LogP contribution in [0.15, 0.2) is 12.1 Å². The molecule has 0 unspecified atom stereocenters. The molecule has 0 bridgehead atoms. The average molecular weight is 368 g/mol. The average Bonchev–Trinajstić information content (AvgIpc) is 2.26. The number of non-ortho nitro benzene ring substituents is 1. The second-order valence-corrected chi connectivity index (χ2v) is 3.56. The van der Waals surface area contributed by atoms with E-state index in [9.17, 15) is 25.0 Å². The molecule has 0 saturated heterocycles. The Labute approximate surface area is 113 Å². The van der Waals surface area contributed by atoms with Crippen molar-refractivity contribution in [3.63, 3.8) is 0 Å². The van der Waals surface area contributed by atoms with Crippen molar-refractivity contribution in [3.8, 4) is 5.75 Å². The molecule has 0 aliphatic heterocycles. The van der Waals surface area contributed by atoms with E-state index in [0.717, 1.165) is 12.1 Å². The second kappa shape index (κ2) is 5.57. The Morgan fingerprint density at radius 2 is 1.94 bits per heavy atom. The van der Waals surface area contributed by atoms with Gasteiger partial charge in [-0.3, -0.25) is 25.0 Å². The van der Waals surface area contributed by atoms with Crippen LogP contribution in [0.5, 0.6) is 5.75 Å². The lowest BCUT2D eigenvalue weighted by atomic mass is 10.1. The molecule has 18 heavy (non-hydrogen) atoms. The molecule has 10 heteroatoms. The second-order valence-electron chi connectivity index (χ2n) is 3.12. The van der Waals surface area contributed by atoms with E-state index in [1.165, 1.54) is 23.0 Å². The SMILES string of the molecule is O=C(O)Cc1cc([N+](=O)[O-])cc([N+](=O)[O-])c1OI. The highest BCUT2D eigenvalue weighted by Gasteiger charge is 2.26. The van der Waals surface area contributed by atoms with E-state index >= 15 is 0 Å². The number of aliphatic carboxylic acids is 1. The predicted octanol–water partition coefficient (Wildman–Crippen LogP) is 1.86. The molecule has 1 aromatic carbocycles. The molecular formula is C8H5IN2O7. The number of halogens is 1. The lowest BCUT2D eigenvalue weighted by molar-refractivity contribution is -0.394. The quantitative estimate of drug-likeness (QED) is 0.476. The summed E-state index contributed by atoms with van der Waals surface area (Å²) in [6.07, 6.45) is -0.610. The van der Waals surface area contributed by atoms with Gasteiger partial charge in [-0.25, -0.2) is 0 Å². The Morgan fingerprint density at radius 3 is 2.33 bits per heavy atom. The van der Waals surface area contributed by atoms with E-state index in [2.05, 4.69) is 0 Å². The topological polar surface area (TPSA) is 133 Å². The minimum absolute atomic E-state index is 0.127. The van der Waals surface area contributed by atoms with Gasteiger partial charge in [-0.15, -0.1) is 0 Å². The van der Waals surface area contributed by atoms with Gasteiger partial charge >= 0.3 is 11.7 Å². The lowest BCUT2D eigenvalue weighted by Crippen LogP contribution is -2.04. The minimum Gasteiger partial charge on any atom is -0.481 e. The predicted molar refractivity (Wildman–Crippen MR) is 65.7 cm³/mol. The van der Waals surface area contributed by atoms with Crippen LogP contribution >= 0.6 is 23.0 Å². The van der Waals surface area contributed by atoms with Gasteiger partial charge in [0.2, 0.25) is 5.75 Å². The first-order valence-electron chi connectivity index (χ1n) is 4.33. The van der Waals surface area contributed by atoms with Gasteiger partial charge in [0.25, 0.3) is 5.69 Å². The molecule has 1 aromatic rings. The summed E-state index contributed by atoms with van der Waals surface area (Å²) in [5.41, 5.74) is -1.33. The third kappa shape index (κ3) is 3.03. The van der Waals surface area contributed by atoms with Crippen molar-refractivity contribution in [3.05, 3.63) is 37.9 Å². The summed E-state index contributed by atoms with van der Waals surface area (Å²) >= 11 is 1.35. The van der Waals surface area contributed by atoms with E-state index in [4.69, 9.17) is 8.17 Å². The first-order valence-corrected chi connectivity index (χ1v) is 5.21. The molecule has 0 aliphatic carbocycles. The molecule has 0 atom stereocenters. The molecule has 0 aliphatic rings. The summed E-state index contributed by atoms with van der Waals surface area (Å²) in [5.74, 6) is -1.58. The van der Waals surface area contributed by atoms with Crippen LogP contribution in [0.4, 0.5) is 11.4 Å². The van der Waals surface area contributed by atoms with E-state index in [1.807, 2.05) is 0 Å². The molecule has 0 amide bonds. The first kappa shape index (κ1) is 14.1. The summed E-state index contributed by atoms with van der Waals surface area (Å²) < 4.78 is 4.72. The fourth-order valence-electron chi connectivity index (χ4n) is 1.28. The Morgan fingerprint density at radius 1 is 1.33 bits per heavy atom. The standard InChI is InChI=1S/C8H5IN2O7/c9-18-8-4(2-7(12)13)1-5(10(14)15)3-6(8)11(16)17/h1,3H,2H2,(H,12,13). The van der Waals surface area contributed by atoms with Crippen molar-refractivity contribution in [2.24, 2.45) is 0 Å². The van der Waals surface area contributed by atoms with Crippen LogP contribution < -0.4 is 3.07 Å². The number of rotatable bonds is 5. The first-order chi connectivity index (χ1) is 8.36. The maximum absolute atomic E-state index is 10.7. The number of hydrogen-bond donors (Lipinski definition) is 1. The Hall–Kier alpha value is -1.98. The largest absolute Gasteiger partial charge is 0.481 e. The Balaban J connectivity index is 3.50. The number of nitrogens with zero attached hydrogens (tertiary/aromatic N) is 2. The maximum atomic E-state index is 10.7. The van der Waals surface area contributed by atoms with E-state index < -0.39 is 33.6 Å². The summed E-state index contributed by atoms with van der Waals surface area (Å²) in [4.78, 5) is 30.2. The van der Waals surface area contributed by atoms with Crippen molar-refractivity contribution in [2.75, 3.05) is 0 Å². The maximum Gasteiger partial charge on any atom is 0.319 e. The number of nitro groups is 2. The molecular weight excluding hydrogens is 363 g/mol. The van der Waals surface area contributed by atoms with Crippen molar-refractivity contribution < 1.29 is 22.8 Å². The van der Waals surface area contributed by atoms with Crippen LogP contribution in [0, 0.1) is 20.2 Å². The van der Waals surface area contributed by atoms with Crippen LogP contribution in [0.2, 0.25) is 0 Å². The number of hydrogen-bond acceptors (Lipinski definition) is 6. The summed E-state index contributed by atoms with van der Waals surface area (Å²) in [6.45, 7) is 0. The number of carbonyl (C=O) groups is 1. The number of carboxylic acids is 1. The number of benzene rings is 1. The van der Waals surface area contributed by atoms with Crippen molar-refractivity contribution in [1.29, 1.82) is 0 Å². The van der Waals surface area contributed by atoms with Gasteiger partial charge in [0.1, 0.15) is 0 Å². The summed E-state index contributed by atoms with van der Waals surface area (Å²) in [5, 5.41) is 30.0. The molecule has 0 fully saturated rings. The molecule has 0 heterocycles. The van der Waals surface area contributed by atoms with E-state index in [-0.39, 0.29) is 11.3 Å². The Kier molecular flexibility index (Phi) is 4.36. The van der Waals surface area contributed by atoms with Crippen molar-refractivity contribution in [1.82, 2.24) is 0 Å².